The minimum Gasteiger partial charge on any atom is -0.462 e. The Hall–Kier alpha value is -1.58. The minimum atomic E-state index is -0.274. The molecule has 0 saturated heterocycles. The maximum absolute atomic E-state index is 11.3. The summed E-state index contributed by atoms with van der Waals surface area (Å²) in [5.74, 6) is 0.688. The molecule has 0 amide bonds. The summed E-state index contributed by atoms with van der Waals surface area (Å²) < 4.78 is 10.6. The first-order chi connectivity index (χ1) is 13.5. The Bertz CT molecular complexity index is 592. The zero-order chi connectivity index (χ0) is 22.2. The molecule has 0 N–H and O–H groups in total. The van der Waals surface area contributed by atoms with Gasteiger partial charge in [-0.1, -0.05) is 67.0 Å². The van der Waals surface area contributed by atoms with Gasteiger partial charge in [0, 0.05) is 17.1 Å². The number of fused-ring (bicyclic) bond motifs is 2. The van der Waals surface area contributed by atoms with Crippen LogP contribution in [0, 0.1) is 22.7 Å². The predicted molar refractivity (Wildman–Crippen MR) is 118 cm³/mol. The Kier molecular flexibility index (Phi) is 9.64. The number of hydrogen-bond donors (Lipinski definition) is 0. The molecule has 2 bridgehead atoms. The van der Waals surface area contributed by atoms with Crippen molar-refractivity contribution in [2.45, 2.75) is 92.6 Å². The fraction of sp³-hybridized carbons (Fsp3) is 0.760. The van der Waals surface area contributed by atoms with Gasteiger partial charge in [-0.05, 0) is 49.9 Å². The number of rotatable bonds is 9. The van der Waals surface area contributed by atoms with E-state index in [2.05, 4.69) is 47.8 Å². The van der Waals surface area contributed by atoms with Crippen LogP contribution in [0.25, 0.3) is 0 Å². The molecule has 2 aliphatic rings. The van der Waals surface area contributed by atoms with Crippen molar-refractivity contribution in [3.05, 3.63) is 24.8 Å². The lowest BCUT2D eigenvalue weighted by molar-refractivity contribution is -0.150. The third-order valence-electron chi connectivity index (χ3n) is 7.48. The van der Waals surface area contributed by atoms with E-state index in [1.165, 1.54) is 31.8 Å². The number of hydrogen-bond acceptors (Lipinski definition) is 4. The molecule has 29 heavy (non-hydrogen) atoms. The molecule has 4 heteroatoms. The van der Waals surface area contributed by atoms with E-state index >= 15 is 0 Å². The van der Waals surface area contributed by atoms with Gasteiger partial charge in [0.1, 0.15) is 6.10 Å². The number of carbonyl (C=O) groups is 2. The predicted octanol–water partition coefficient (Wildman–Crippen LogP) is 6.25. The van der Waals surface area contributed by atoms with E-state index in [1.54, 1.807) is 6.92 Å². The normalized spacial score (nSPS) is 27.4. The van der Waals surface area contributed by atoms with Gasteiger partial charge < -0.3 is 9.47 Å². The van der Waals surface area contributed by atoms with Crippen LogP contribution in [0.3, 0.4) is 0 Å². The molecule has 0 aromatic carbocycles. The van der Waals surface area contributed by atoms with E-state index < -0.39 is 0 Å². The molecule has 0 aromatic rings. The summed E-state index contributed by atoms with van der Waals surface area (Å²) in [6, 6.07) is 0. The van der Waals surface area contributed by atoms with Crippen molar-refractivity contribution in [3.8, 4) is 0 Å². The fourth-order valence-corrected chi connectivity index (χ4v) is 4.71. The Balaban J connectivity index is 0.000000291. The second-order valence-electron chi connectivity index (χ2n) is 9.54. The Morgan fingerprint density at radius 3 is 2.31 bits per heavy atom. The summed E-state index contributed by atoms with van der Waals surface area (Å²) in [7, 11) is 0. The molecule has 0 aromatic heterocycles. The molecule has 0 heterocycles. The van der Waals surface area contributed by atoms with Crippen LogP contribution in [0.15, 0.2) is 24.8 Å². The molecule has 2 fully saturated rings. The van der Waals surface area contributed by atoms with Crippen molar-refractivity contribution in [1.82, 2.24) is 0 Å². The van der Waals surface area contributed by atoms with Gasteiger partial charge in [-0.3, -0.25) is 0 Å². The molecule has 4 unspecified atom stereocenters. The Morgan fingerprint density at radius 1 is 1.24 bits per heavy atom. The van der Waals surface area contributed by atoms with E-state index in [0.717, 1.165) is 19.3 Å². The highest BCUT2D eigenvalue weighted by Crippen LogP contribution is 2.66. The van der Waals surface area contributed by atoms with Gasteiger partial charge in [-0.2, -0.15) is 0 Å². The maximum atomic E-state index is 11.3. The topological polar surface area (TPSA) is 52.6 Å². The van der Waals surface area contributed by atoms with E-state index in [-0.39, 0.29) is 23.5 Å². The lowest BCUT2D eigenvalue weighted by Gasteiger charge is -2.38. The van der Waals surface area contributed by atoms with Gasteiger partial charge in [0.05, 0.1) is 6.61 Å². The second-order valence-corrected chi connectivity index (χ2v) is 9.54. The Morgan fingerprint density at radius 2 is 1.90 bits per heavy atom. The molecule has 2 rings (SSSR count). The SMILES string of the molecule is C=C(C)C(=O)OCC(CC)CCCC.C=CC(=O)OC1CC2CCC1(C)C2(C)C. The van der Waals surface area contributed by atoms with E-state index in [0.29, 0.717) is 29.4 Å². The van der Waals surface area contributed by atoms with Crippen molar-refractivity contribution < 1.29 is 19.1 Å². The van der Waals surface area contributed by atoms with Crippen LogP contribution in [0.2, 0.25) is 0 Å². The van der Waals surface area contributed by atoms with Gasteiger partial charge in [-0.25, -0.2) is 9.59 Å². The van der Waals surface area contributed by atoms with Gasteiger partial charge in [0.15, 0.2) is 0 Å². The van der Waals surface area contributed by atoms with Gasteiger partial charge in [0.25, 0.3) is 0 Å². The van der Waals surface area contributed by atoms with Crippen LogP contribution in [0.4, 0.5) is 0 Å². The number of ether oxygens (including phenoxy) is 2. The van der Waals surface area contributed by atoms with Gasteiger partial charge >= 0.3 is 11.9 Å². The summed E-state index contributed by atoms with van der Waals surface area (Å²) in [6.45, 7) is 20.4. The molecule has 4 atom stereocenters. The number of carbonyl (C=O) groups excluding carboxylic acids is 2. The maximum Gasteiger partial charge on any atom is 0.333 e. The monoisotopic (exact) mass is 406 g/mol. The van der Waals surface area contributed by atoms with E-state index in [4.69, 9.17) is 9.47 Å². The zero-order valence-corrected chi connectivity index (χ0v) is 19.5. The van der Waals surface area contributed by atoms with Crippen molar-refractivity contribution in [2.75, 3.05) is 6.61 Å². The Labute approximate surface area is 178 Å². The molecule has 2 saturated carbocycles. The minimum absolute atomic E-state index is 0.0942. The summed E-state index contributed by atoms with van der Waals surface area (Å²) in [5, 5.41) is 0. The molecular weight excluding hydrogens is 364 g/mol. The average Bonchev–Trinajstić information content (AvgIpc) is 3.01. The van der Waals surface area contributed by atoms with E-state index in [1.807, 2.05) is 0 Å². The average molecular weight is 407 g/mol. The molecule has 166 valence electrons. The third-order valence-corrected chi connectivity index (χ3v) is 7.48. The number of unbranched alkanes of at least 4 members (excludes halogenated alkanes) is 1. The van der Waals surface area contributed by atoms with Crippen LogP contribution >= 0.6 is 0 Å². The molecule has 4 nitrogen and oxygen atoms in total. The first-order valence-electron chi connectivity index (χ1n) is 11.2. The van der Waals surface area contributed by atoms with Crippen LogP contribution in [0.1, 0.15) is 86.5 Å². The summed E-state index contributed by atoms with van der Waals surface area (Å²) >= 11 is 0. The molecular formula is C25H42O4. The lowest BCUT2D eigenvalue weighted by Crippen LogP contribution is -2.38. The summed E-state index contributed by atoms with van der Waals surface area (Å²) in [4.78, 5) is 22.4. The van der Waals surface area contributed by atoms with Crippen molar-refractivity contribution in [1.29, 1.82) is 0 Å². The van der Waals surface area contributed by atoms with Gasteiger partial charge in [0.2, 0.25) is 0 Å². The largest absolute Gasteiger partial charge is 0.462 e. The van der Waals surface area contributed by atoms with Crippen LogP contribution in [-0.4, -0.2) is 24.6 Å². The van der Waals surface area contributed by atoms with Crippen LogP contribution in [0.5, 0.6) is 0 Å². The highest BCUT2D eigenvalue weighted by molar-refractivity contribution is 5.86. The van der Waals surface area contributed by atoms with Crippen molar-refractivity contribution >= 4 is 11.9 Å². The fourth-order valence-electron chi connectivity index (χ4n) is 4.71. The van der Waals surface area contributed by atoms with Crippen LogP contribution in [-0.2, 0) is 19.1 Å². The van der Waals surface area contributed by atoms with Gasteiger partial charge in [-0.15, -0.1) is 0 Å². The number of esters is 2. The highest BCUT2D eigenvalue weighted by Gasteiger charge is 2.62. The first-order valence-corrected chi connectivity index (χ1v) is 11.2. The lowest BCUT2D eigenvalue weighted by atomic mass is 9.70. The third kappa shape index (κ3) is 6.20. The molecule has 2 aliphatic carbocycles. The second kappa shape index (κ2) is 11.0. The van der Waals surface area contributed by atoms with Crippen LogP contribution < -0.4 is 0 Å². The standard InChI is InChI=1S/C13H20O2.C12H22O2/c1-5-11(14)15-10-8-9-6-7-13(10,4)12(9,2)3;1-5-7-8-11(6-2)9-14-12(13)10(3)4/h5,9-10H,1,6-8H2,2-4H3;11H,3,5-9H2,1-2,4H3. The van der Waals surface area contributed by atoms with Crippen molar-refractivity contribution in [2.24, 2.45) is 22.7 Å². The zero-order valence-electron chi connectivity index (χ0n) is 19.5. The van der Waals surface area contributed by atoms with Crippen molar-refractivity contribution in [3.63, 3.8) is 0 Å². The molecule has 0 aliphatic heterocycles. The molecule has 0 spiro atoms. The van der Waals surface area contributed by atoms with E-state index in [9.17, 15) is 9.59 Å². The molecule has 0 radical (unpaired) electrons. The summed E-state index contributed by atoms with van der Waals surface area (Å²) in [5.41, 5.74) is 0.950. The quantitative estimate of drug-likeness (QED) is 0.335. The highest BCUT2D eigenvalue weighted by atomic mass is 16.5. The smallest absolute Gasteiger partial charge is 0.333 e. The first kappa shape index (κ1) is 25.5. The summed E-state index contributed by atoms with van der Waals surface area (Å²) in [6.07, 6.45) is 9.49.